The van der Waals surface area contributed by atoms with Crippen molar-refractivity contribution in [3.63, 3.8) is 0 Å². The zero-order valence-electron chi connectivity index (χ0n) is 13.0. The number of sulfonamides is 1. The molecule has 1 aromatic carbocycles. The molecule has 0 fully saturated rings. The van der Waals surface area contributed by atoms with Crippen LogP contribution in [0.4, 0.5) is 0 Å². The number of aryl methyl sites for hydroxylation is 1. The zero-order chi connectivity index (χ0) is 16.9. The van der Waals surface area contributed by atoms with E-state index in [2.05, 4.69) is 4.72 Å². The third kappa shape index (κ3) is 5.12. The van der Waals surface area contributed by atoms with Crippen LogP contribution in [0.25, 0.3) is 0 Å². The quantitative estimate of drug-likeness (QED) is 0.758. The van der Waals surface area contributed by atoms with E-state index in [0.29, 0.717) is 0 Å². The molecule has 0 saturated carbocycles. The van der Waals surface area contributed by atoms with E-state index in [9.17, 15) is 18.0 Å². The number of nitrogens with zero attached hydrogens (tertiary/aromatic N) is 1. The van der Waals surface area contributed by atoms with Crippen LogP contribution in [0.3, 0.4) is 0 Å². The Balaban J connectivity index is 2.60. The molecule has 0 aliphatic rings. The monoisotopic (exact) mass is 328 g/mol. The molecule has 0 bridgehead atoms. The van der Waals surface area contributed by atoms with Crippen LogP contribution in [0.2, 0.25) is 0 Å². The lowest BCUT2D eigenvalue weighted by molar-refractivity contribution is -0.156. The molecule has 7 nitrogen and oxygen atoms in total. The maximum atomic E-state index is 12.0. The molecule has 1 amide bonds. The van der Waals surface area contributed by atoms with Gasteiger partial charge in [-0.25, -0.2) is 8.42 Å². The Bertz CT molecular complexity index is 638. The number of hydrogen-bond donors (Lipinski definition) is 1. The van der Waals surface area contributed by atoms with E-state index in [1.54, 1.807) is 12.1 Å². The van der Waals surface area contributed by atoms with Gasteiger partial charge in [0, 0.05) is 14.1 Å². The summed E-state index contributed by atoms with van der Waals surface area (Å²) in [5.74, 6) is -1.20. The third-order valence-electron chi connectivity index (χ3n) is 2.83. The summed E-state index contributed by atoms with van der Waals surface area (Å²) < 4.78 is 31.0. The van der Waals surface area contributed by atoms with Crippen LogP contribution in [-0.2, 0) is 24.3 Å². The summed E-state index contributed by atoms with van der Waals surface area (Å²) in [5.41, 5.74) is 0.925. The van der Waals surface area contributed by atoms with Crippen LogP contribution in [-0.4, -0.2) is 51.9 Å². The standard InChI is InChI=1S/C14H20N2O5S/c1-10-5-7-12(8-6-10)22(19,20)15-9-13(17)21-11(2)14(18)16(3)4/h5-8,11,15H,9H2,1-4H3/t11-/m1/s1. The molecule has 22 heavy (non-hydrogen) atoms. The topological polar surface area (TPSA) is 92.8 Å². The zero-order valence-corrected chi connectivity index (χ0v) is 13.8. The predicted octanol–water partition coefficient (Wildman–Crippen LogP) is 0.293. The number of carbonyl (C=O) groups excluding carboxylic acids is 2. The van der Waals surface area contributed by atoms with Crippen molar-refractivity contribution in [2.45, 2.75) is 24.8 Å². The van der Waals surface area contributed by atoms with Gasteiger partial charge in [0.05, 0.1) is 4.90 Å². The minimum atomic E-state index is -3.79. The summed E-state index contributed by atoms with van der Waals surface area (Å²) in [5, 5.41) is 0. The molecule has 0 heterocycles. The van der Waals surface area contributed by atoms with Crippen molar-refractivity contribution in [2.75, 3.05) is 20.6 Å². The summed E-state index contributed by atoms with van der Waals surface area (Å²) in [6.45, 7) is 2.72. The molecule has 1 N–H and O–H groups in total. The highest BCUT2D eigenvalue weighted by Gasteiger charge is 2.21. The molecule has 0 aliphatic heterocycles. The molecule has 8 heteroatoms. The van der Waals surface area contributed by atoms with Crippen LogP contribution in [0, 0.1) is 6.92 Å². The van der Waals surface area contributed by atoms with Crippen LogP contribution >= 0.6 is 0 Å². The summed E-state index contributed by atoms with van der Waals surface area (Å²) in [7, 11) is -0.722. The number of ether oxygens (including phenoxy) is 1. The Hall–Kier alpha value is -1.93. The number of benzene rings is 1. The van der Waals surface area contributed by atoms with E-state index < -0.39 is 28.6 Å². The van der Waals surface area contributed by atoms with E-state index in [4.69, 9.17) is 4.74 Å². The number of esters is 1. The van der Waals surface area contributed by atoms with Crippen LogP contribution < -0.4 is 4.72 Å². The van der Waals surface area contributed by atoms with E-state index in [0.717, 1.165) is 5.56 Å². The predicted molar refractivity (Wildman–Crippen MR) is 80.6 cm³/mol. The maximum Gasteiger partial charge on any atom is 0.321 e. The van der Waals surface area contributed by atoms with Gasteiger partial charge in [-0.3, -0.25) is 9.59 Å². The summed E-state index contributed by atoms with van der Waals surface area (Å²) in [6, 6.07) is 6.21. The maximum absolute atomic E-state index is 12.0. The second-order valence-electron chi connectivity index (χ2n) is 5.00. The van der Waals surface area contributed by atoms with Gasteiger partial charge in [0.15, 0.2) is 6.10 Å². The van der Waals surface area contributed by atoms with E-state index in [1.807, 2.05) is 6.92 Å². The van der Waals surface area contributed by atoms with E-state index >= 15 is 0 Å². The second-order valence-corrected chi connectivity index (χ2v) is 6.77. The average Bonchev–Trinajstić information content (AvgIpc) is 2.44. The number of hydrogen-bond acceptors (Lipinski definition) is 5. The molecule has 0 saturated heterocycles. The van der Waals surface area contributed by atoms with Crippen molar-refractivity contribution in [3.05, 3.63) is 29.8 Å². The minimum Gasteiger partial charge on any atom is -0.452 e. The van der Waals surface area contributed by atoms with Gasteiger partial charge in [0.1, 0.15) is 6.54 Å². The van der Waals surface area contributed by atoms with Gasteiger partial charge in [0.25, 0.3) is 5.91 Å². The first-order chi connectivity index (χ1) is 10.1. The Kier molecular flexibility index (Phi) is 6.07. The molecule has 122 valence electrons. The van der Waals surface area contributed by atoms with Gasteiger partial charge >= 0.3 is 5.97 Å². The first-order valence-electron chi connectivity index (χ1n) is 6.60. The number of likely N-dealkylation sites (N-methyl/N-ethyl adjacent to an activating group) is 1. The molecule has 1 aromatic rings. The molecular weight excluding hydrogens is 308 g/mol. The molecule has 1 rings (SSSR count). The Morgan fingerprint density at radius 3 is 2.27 bits per heavy atom. The minimum absolute atomic E-state index is 0.0586. The lowest BCUT2D eigenvalue weighted by Crippen LogP contribution is -2.38. The number of carbonyl (C=O) groups is 2. The first kappa shape index (κ1) is 18.1. The molecule has 0 unspecified atom stereocenters. The summed E-state index contributed by atoms with van der Waals surface area (Å²) in [4.78, 5) is 24.5. The van der Waals surface area contributed by atoms with Crippen LogP contribution in [0.5, 0.6) is 0 Å². The summed E-state index contributed by atoms with van der Waals surface area (Å²) >= 11 is 0. The van der Waals surface area contributed by atoms with Crippen molar-refractivity contribution in [1.29, 1.82) is 0 Å². The largest absolute Gasteiger partial charge is 0.452 e. The van der Waals surface area contributed by atoms with Crippen molar-refractivity contribution < 1.29 is 22.7 Å². The van der Waals surface area contributed by atoms with Crippen LogP contribution in [0.15, 0.2) is 29.2 Å². The average molecular weight is 328 g/mol. The second kappa shape index (κ2) is 7.37. The Morgan fingerprint density at radius 2 is 1.77 bits per heavy atom. The number of amides is 1. The van der Waals surface area contributed by atoms with Gasteiger partial charge in [-0.2, -0.15) is 4.72 Å². The fraction of sp³-hybridized carbons (Fsp3) is 0.429. The molecule has 0 spiro atoms. The highest BCUT2D eigenvalue weighted by atomic mass is 32.2. The van der Waals surface area contributed by atoms with E-state index in [1.165, 1.54) is 38.1 Å². The van der Waals surface area contributed by atoms with Gasteiger partial charge in [0.2, 0.25) is 10.0 Å². The Labute approximate surface area is 130 Å². The van der Waals surface area contributed by atoms with Crippen LogP contribution in [0.1, 0.15) is 12.5 Å². The molecule has 1 atom stereocenters. The van der Waals surface area contributed by atoms with Crippen molar-refractivity contribution in [2.24, 2.45) is 0 Å². The van der Waals surface area contributed by atoms with Gasteiger partial charge in [-0.15, -0.1) is 0 Å². The van der Waals surface area contributed by atoms with Gasteiger partial charge < -0.3 is 9.64 Å². The normalized spacial score (nSPS) is 12.5. The van der Waals surface area contributed by atoms with Gasteiger partial charge in [-0.1, -0.05) is 17.7 Å². The smallest absolute Gasteiger partial charge is 0.321 e. The van der Waals surface area contributed by atoms with Gasteiger partial charge in [-0.05, 0) is 26.0 Å². The lowest BCUT2D eigenvalue weighted by atomic mass is 10.2. The SMILES string of the molecule is Cc1ccc(S(=O)(=O)NCC(=O)O[C@H](C)C(=O)N(C)C)cc1. The third-order valence-corrected chi connectivity index (χ3v) is 4.25. The highest BCUT2D eigenvalue weighted by molar-refractivity contribution is 7.89. The number of rotatable bonds is 6. The Morgan fingerprint density at radius 1 is 1.23 bits per heavy atom. The molecular formula is C14H20N2O5S. The first-order valence-corrected chi connectivity index (χ1v) is 8.09. The van der Waals surface area contributed by atoms with E-state index in [-0.39, 0.29) is 10.8 Å². The number of nitrogens with one attached hydrogen (secondary N) is 1. The molecule has 0 aromatic heterocycles. The van der Waals surface area contributed by atoms with Crippen molar-refractivity contribution in [3.8, 4) is 0 Å². The fourth-order valence-electron chi connectivity index (χ4n) is 1.61. The summed E-state index contributed by atoms with van der Waals surface area (Å²) in [6.07, 6.45) is -0.966. The molecule has 0 aliphatic carbocycles. The van der Waals surface area contributed by atoms with Crippen molar-refractivity contribution in [1.82, 2.24) is 9.62 Å². The molecule has 0 radical (unpaired) electrons. The highest BCUT2D eigenvalue weighted by Crippen LogP contribution is 2.09. The lowest BCUT2D eigenvalue weighted by Gasteiger charge is -2.17. The fourth-order valence-corrected chi connectivity index (χ4v) is 2.58. The van der Waals surface area contributed by atoms with Crippen molar-refractivity contribution >= 4 is 21.9 Å².